The Balaban J connectivity index is 1.20. The number of benzene rings is 1. The summed E-state index contributed by atoms with van der Waals surface area (Å²) < 4.78 is 20.4. The van der Waals surface area contributed by atoms with Crippen molar-refractivity contribution in [2.45, 2.75) is 58.4 Å². The molecule has 0 radical (unpaired) electrons. The average Bonchev–Trinajstić information content (AvgIpc) is 2.85. The summed E-state index contributed by atoms with van der Waals surface area (Å²) >= 11 is 0. The number of nitrogens with zero attached hydrogens (tertiary/aromatic N) is 2. The third-order valence-electron chi connectivity index (χ3n) is 7.48. The molecule has 36 heavy (non-hydrogen) atoms. The molecule has 3 saturated heterocycles. The molecule has 1 aromatic carbocycles. The van der Waals surface area contributed by atoms with Crippen molar-refractivity contribution in [3.05, 3.63) is 24.0 Å². The van der Waals surface area contributed by atoms with E-state index in [-0.39, 0.29) is 35.9 Å². The molecule has 0 spiro atoms. The molecular formula is C27H39FN4O4. The van der Waals surface area contributed by atoms with Gasteiger partial charge in [0.25, 0.3) is 0 Å². The topological polar surface area (TPSA) is 91.0 Å². The fourth-order valence-electron chi connectivity index (χ4n) is 5.33. The third kappa shape index (κ3) is 6.96. The zero-order valence-corrected chi connectivity index (χ0v) is 21.4. The molecule has 9 heteroatoms. The number of imide groups is 1. The molecule has 2 N–H and O–H groups in total. The van der Waals surface area contributed by atoms with E-state index in [1.54, 1.807) is 12.1 Å². The van der Waals surface area contributed by atoms with Crippen LogP contribution in [-0.2, 0) is 19.1 Å². The number of rotatable bonds is 8. The van der Waals surface area contributed by atoms with E-state index in [2.05, 4.69) is 20.4 Å². The van der Waals surface area contributed by atoms with E-state index in [9.17, 15) is 18.8 Å². The molecule has 3 heterocycles. The van der Waals surface area contributed by atoms with Gasteiger partial charge in [0.15, 0.2) is 0 Å². The van der Waals surface area contributed by atoms with Gasteiger partial charge in [-0.15, -0.1) is 0 Å². The number of amides is 2. The van der Waals surface area contributed by atoms with Crippen LogP contribution in [0.3, 0.4) is 0 Å². The van der Waals surface area contributed by atoms with Crippen LogP contribution < -0.4 is 15.5 Å². The van der Waals surface area contributed by atoms with Crippen molar-refractivity contribution in [2.75, 3.05) is 49.5 Å². The van der Waals surface area contributed by atoms with Gasteiger partial charge in [0.2, 0.25) is 11.8 Å². The van der Waals surface area contributed by atoms with Crippen LogP contribution in [0.2, 0.25) is 0 Å². The summed E-state index contributed by atoms with van der Waals surface area (Å²) in [5, 5.41) is 5.35. The van der Waals surface area contributed by atoms with E-state index in [1.807, 2.05) is 13.8 Å². The molecule has 1 atom stereocenters. The number of nitrogens with one attached hydrogen (secondary N) is 2. The van der Waals surface area contributed by atoms with E-state index in [4.69, 9.17) is 4.74 Å². The second-order valence-electron chi connectivity index (χ2n) is 10.8. The van der Waals surface area contributed by atoms with Crippen molar-refractivity contribution in [2.24, 2.45) is 17.8 Å². The lowest BCUT2D eigenvalue weighted by Crippen LogP contribution is -2.47. The molecule has 4 rings (SSSR count). The van der Waals surface area contributed by atoms with Crippen LogP contribution >= 0.6 is 0 Å². The Morgan fingerprint density at radius 2 is 1.83 bits per heavy atom. The first-order chi connectivity index (χ1) is 17.3. The average molecular weight is 503 g/mol. The lowest BCUT2D eigenvalue weighted by atomic mass is 9.92. The summed E-state index contributed by atoms with van der Waals surface area (Å²) in [6.07, 6.45) is 4.42. The highest BCUT2D eigenvalue weighted by Gasteiger charge is 2.30. The predicted molar refractivity (Wildman–Crippen MR) is 136 cm³/mol. The van der Waals surface area contributed by atoms with Crippen molar-refractivity contribution in [3.63, 3.8) is 0 Å². The number of piperidine rings is 3. The molecular weight excluding hydrogens is 463 g/mol. The lowest BCUT2D eigenvalue weighted by molar-refractivity contribution is -0.151. The number of esters is 1. The number of carbonyl (C=O) groups is 3. The Labute approximate surface area is 212 Å². The summed E-state index contributed by atoms with van der Waals surface area (Å²) in [6.45, 7) is 9.09. The van der Waals surface area contributed by atoms with E-state index in [0.29, 0.717) is 36.2 Å². The molecule has 0 bridgehead atoms. The molecule has 0 aromatic heterocycles. The maximum Gasteiger partial charge on any atom is 0.309 e. The van der Waals surface area contributed by atoms with Gasteiger partial charge in [0.05, 0.1) is 18.2 Å². The molecule has 0 aliphatic carbocycles. The van der Waals surface area contributed by atoms with Crippen LogP contribution in [0.15, 0.2) is 18.2 Å². The minimum Gasteiger partial charge on any atom is -0.465 e. The molecule has 8 nitrogen and oxygen atoms in total. The summed E-state index contributed by atoms with van der Waals surface area (Å²) in [6, 6.07) is 4.47. The number of likely N-dealkylation sites (tertiary alicyclic amines) is 1. The van der Waals surface area contributed by atoms with Crippen molar-refractivity contribution in [3.8, 4) is 0 Å². The lowest BCUT2D eigenvalue weighted by Gasteiger charge is -2.38. The molecule has 3 aliphatic heterocycles. The fraction of sp³-hybridized carbons (Fsp3) is 0.667. The predicted octanol–water partition coefficient (Wildman–Crippen LogP) is 3.17. The first-order valence-corrected chi connectivity index (χ1v) is 13.3. The fourth-order valence-corrected chi connectivity index (χ4v) is 5.33. The highest BCUT2D eigenvalue weighted by atomic mass is 19.1. The molecule has 3 aliphatic rings. The van der Waals surface area contributed by atoms with Crippen LogP contribution in [-0.4, -0.2) is 68.1 Å². The van der Waals surface area contributed by atoms with Crippen molar-refractivity contribution in [1.82, 2.24) is 10.2 Å². The number of hydrogen-bond acceptors (Lipinski definition) is 7. The number of anilines is 2. The van der Waals surface area contributed by atoms with E-state index in [0.717, 1.165) is 58.4 Å². The second kappa shape index (κ2) is 12.0. The monoisotopic (exact) mass is 502 g/mol. The largest absolute Gasteiger partial charge is 0.465 e. The third-order valence-corrected chi connectivity index (χ3v) is 7.48. The van der Waals surface area contributed by atoms with E-state index >= 15 is 0 Å². The molecule has 198 valence electrons. The molecule has 1 aromatic rings. The molecule has 2 amide bonds. The number of halogens is 1. The quantitative estimate of drug-likeness (QED) is 0.417. The van der Waals surface area contributed by atoms with Gasteiger partial charge in [0, 0.05) is 31.7 Å². The summed E-state index contributed by atoms with van der Waals surface area (Å²) in [7, 11) is 0. The Morgan fingerprint density at radius 1 is 1.11 bits per heavy atom. The van der Waals surface area contributed by atoms with Crippen molar-refractivity contribution < 1.29 is 23.5 Å². The van der Waals surface area contributed by atoms with Gasteiger partial charge in [-0.3, -0.25) is 19.7 Å². The highest BCUT2D eigenvalue weighted by molar-refractivity contribution is 6.01. The first kappa shape index (κ1) is 26.4. The highest BCUT2D eigenvalue weighted by Crippen LogP contribution is 2.29. The van der Waals surface area contributed by atoms with Crippen LogP contribution in [0.1, 0.15) is 52.4 Å². The SMILES string of the molecule is CC(C)COC(=O)C1CCN(CC2CCN(c3ccc(NC4CCC(=O)NC4=O)cc3F)CC2)CC1. The summed E-state index contributed by atoms with van der Waals surface area (Å²) in [4.78, 5) is 40.1. The minimum atomic E-state index is -0.528. The maximum atomic E-state index is 14.9. The van der Waals surface area contributed by atoms with Crippen LogP contribution in [0.5, 0.6) is 0 Å². The number of hydrogen-bond donors (Lipinski definition) is 2. The molecule has 1 unspecified atom stereocenters. The van der Waals surface area contributed by atoms with E-state index in [1.165, 1.54) is 6.07 Å². The Bertz CT molecular complexity index is 940. The van der Waals surface area contributed by atoms with Crippen LogP contribution in [0, 0.1) is 23.6 Å². The zero-order chi connectivity index (χ0) is 25.7. The smallest absolute Gasteiger partial charge is 0.309 e. The van der Waals surface area contributed by atoms with Crippen molar-refractivity contribution >= 4 is 29.2 Å². The number of ether oxygens (including phenoxy) is 1. The van der Waals surface area contributed by atoms with Gasteiger partial charge in [-0.05, 0) is 75.2 Å². The zero-order valence-electron chi connectivity index (χ0n) is 21.4. The Kier molecular flexibility index (Phi) is 8.82. The van der Waals surface area contributed by atoms with Crippen LogP contribution in [0.25, 0.3) is 0 Å². The Hall–Kier alpha value is -2.68. The summed E-state index contributed by atoms with van der Waals surface area (Å²) in [5.74, 6) is -0.0307. The van der Waals surface area contributed by atoms with Gasteiger partial charge in [0.1, 0.15) is 11.9 Å². The summed E-state index contributed by atoms with van der Waals surface area (Å²) in [5.41, 5.74) is 1.13. The Morgan fingerprint density at radius 3 is 2.47 bits per heavy atom. The van der Waals surface area contributed by atoms with Gasteiger partial charge in [-0.1, -0.05) is 13.8 Å². The standard InChI is InChI=1S/C27H39FN4O4/c1-18(2)17-36-27(35)20-9-11-31(12-10-20)16-19-7-13-32(14-8-19)24-5-3-21(15-22(24)28)29-23-4-6-25(33)30-26(23)34/h3,5,15,18-20,23,29H,4,6-14,16-17H2,1-2H3,(H,30,33,34). The van der Waals surface area contributed by atoms with Crippen molar-refractivity contribution in [1.29, 1.82) is 0 Å². The van der Waals surface area contributed by atoms with Gasteiger partial charge in [-0.2, -0.15) is 0 Å². The first-order valence-electron chi connectivity index (χ1n) is 13.3. The van der Waals surface area contributed by atoms with Gasteiger partial charge in [-0.25, -0.2) is 4.39 Å². The normalized spacial score (nSPS) is 22.6. The number of carbonyl (C=O) groups excluding carboxylic acids is 3. The maximum absolute atomic E-state index is 14.9. The molecule has 0 saturated carbocycles. The molecule has 3 fully saturated rings. The van der Waals surface area contributed by atoms with E-state index < -0.39 is 6.04 Å². The van der Waals surface area contributed by atoms with Gasteiger partial charge >= 0.3 is 5.97 Å². The van der Waals surface area contributed by atoms with Gasteiger partial charge < -0.3 is 19.9 Å². The van der Waals surface area contributed by atoms with Crippen LogP contribution in [0.4, 0.5) is 15.8 Å². The minimum absolute atomic E-state index is 0.0253. The second-order valence-corrected chi connectivity index (χ2v) is 10.8.